The normalized spacial score (nSPS) is 14.5. The van der Waals surface area contributed by atoms with Gasteiger partial charge in [-0.1, -0.05) is 13.8 Å². The van der Waals surface area contributed by atoms with Gasteiger partial charge in [-0.25, -0.2) is 24.0 Å². The SMILES string of the molecule is CCOC(=O)C1=CN(C(=O)c2ccc(F)cc2)CC(C)(C)c2c1[nH]c1cc(OC(=O)N(CC)N(C)C)ccc21. The molecule has 1 N–H and O–H groups in total. The minimum atomic E-state index is -0.615. The molecule has 0 saturated carbocycles. The molecule has 39 heavy (non-hydrogen) atoms. The van der Waals surface area contributed by atoms with Gasteiger partial charge in [0.1, 0.15) is 11.6 Å². The number of hydrazine groups is 1. The Kier molecular flexibility index (Phi) is 7.78. The van der Waals surface area contributed by atoms with Gasteiger partial charge < -0.3 is 19.4 Å². The molecule has 0 bridgehead atoms. The van der Waals surface area contributed by atoms with Gasteiger partial charge in [-0.2, -0.15) is 0 Å². The molecule has 0 radical (unpaired) electrons. The van der Waals surface area contributed by atoms with Gasteiger partial charge in [0, 0.05) is 61.3 Å². The number of rotatable bonds is 6. The maximum Gasteiger partial charge on any atom is 0.429 e. The lowest BCUT2D eigenvalue weighted by Gasteiger charge is -2.29. The number of benzene rings is 2. The Hall–Kier alpha value is -4.18. The zero-order chi connectivity index (χ0) is 28.5. The van der Waals surface area contributed by atoms with E-state index in [4.69, 9.17) is 9.47 Å². The second-order valence-electron chi connectivity index (χ2n) is 10.1. The van der Waals surface area contributed by atoms with Crippen LogP contribution in [0.3, 0.4) is 0 Å². The van der Waals surface area contributed by atoms with Crippen LogP contribution in [0.5, 0.6) is 5.75 Å². The van der Waals surface area contributed by atoms with Crippen LogP contribution in [-0.4, -0.2) is 71.7 Å². The fourth-order valence-corrected chi connectivity index (χ4v) is 4.90. The van der Waals surface area contributed by atoms with Gasteiger partial charge in [-0.15, -0.1) is 0 Å². The average Bonchev–Trinajstić information content (AvgIpc) is 3.21. The quantitative estimate of drug-likeness (QED) is 0.354. The topological polar surface area (TPSA) is 95.2 Å². The molecule has 0 fully saturated rings. The second kappa shape index (κ2) is 10.9. The van der Waals surface area contributed by atoms with Crippen molar-refractivity contribution in [2.75, 3.05) is 33.8 Å². The van der Waals surface area contributed by atoms with E-state index in [0.29, 0.717) is 29.1 Å². The fourth-order valence-electron chi connectivity index (χ4n) is 4.90. The molecule has 2 heterocycles. The first-order valence-electron chi connectivity index (χ1n) is 12.8. The predicted octanol–water partition coefficient (Wildman–Crippen LogP) is 4.94. The molecule has 10 heteroatoms. The maximum absolute atomic E-state index is 13.5. The molecule has 0 saturated heterocycles. The Morgan fingerprint density at radius 1 is 1.08 bits per heavy atom. The molecular formula is C29H33FN4O5. The summed E-state index contributed by atoms with van der Waals surface area (Å²) >= 11 is 0. The number of hydrogen-bond donors (Lipinski definition) is 1. The zero-order valence-corrected chi connectivity index (χ0v) is 23.0. The van der Waals surface area contributed by atoms with E-state index in [-0.39, 0.29) is 24.6 Å². The van der Waals surface area contributed by atoms with E-state index in [1.54, 1.807) is 38.2 Å². The van der Waals surface area contributed by atoms with Gasteiger partial charge in [-0.05, 0) is 55.8 Å². The van der Waals surface area contributed by atoms with Crippen LogP contribution in [-0.2, 0) is 14.9 Å². The van der Waals surface area contributed by atoms with Crippen molar-refractivity contribution in [3.05, 3.63) is 71.3 Å². The summed E-state index contributed by atoms with van der Waals surface area (Å²) in [5, 5.41) is 3.92. The molecule has 0 aliphatic carbocycles. The first kappa shape index (κ1) is 27.8. The summed E-state index contributed by atoms with van der Waals surface area (Å²) in [5.74, 6) is -1.05. The Morgan fingerprint density at radius 2 is 1.77 bits per heavy atom. The summed E-state index contributed by atoms with van der Waals surface area (Å²) in [5.41, 5.74) is 1.89. The van der Waals surface area contributed by atoms with Crippen LogP contribution >= 0.6 is 0 Å². The van der Waals surface area contributed by atoms with Gasteiger partial charge in [0.15, 0.2) is 0 Å². The van der Waals surface area contributed by atoms with Crippen molar-refractivity contribution >= 4 is 34.4 Å². The van der Waals surface area contributed by atoms with Crippen LogP contribution in [0.1, 0.15) is 49.3 Å². The van der Waals surface area contributed by atoms with Crippen molar-refractivity contribution in [1.82, 2.24) is 19.9 Å². The van der Waals surface area contributed by atoms with E-state index in [9.17, 15) is 18.8 Å². The van der Waals surface area contributed by atoms with Crippen LogP contribution < -0.4 is 4.74 Å². The molecule has 2 aromatic carbocycles. The van der Waals surface area contributed by atoms with Gasteiger partial charge in [0.25, 0.3) is 5.91 Å². The van der Waals surface area contributed by atoms with E-state index in [0.717, 1.165) is 10.9 Å². The highest BCUT2D eigenvalue weighted by molar-refractivity contribution is 6.18. The monoisotopic (exact) mass is 536 g/mol. The third-order valence-electron chi connectivity index (χ3n) is 6.61. The largest absolute Gasteiger partial charge is 0.462 e. The number of halogens is 1. The standard InChI is InChI=1S/C29H33FN4O5/c1-7-34(32(5)6)28(37)39-20-13-14-21-23(15-20)31-25-22(27(36)38-8-2)16-33(17-29(3,4)24(21)25)26(35)18-9-11-19(30)12-10-18/h9-16,31H,7-8,17H2,1-6H3. The number of fused-ring (bicyclic) bond motifs is 3. The maximum atomic E-state index is 13.5. The zero-order valence-electron chi connectivity index (χ0n) is 23.0. The van der Waals surface area contributed by atoms with Crippen LogP contribution in [0, 0.1) is 5.82 Å². The molecular weight excluding hydrogens is 503 g/mol. The highest BCUT2D eigenvalue weighted by atomic mass is 19.1. The Morgan fingerprint density at radius 3 is 2.38 bits per heavy atom. The molecule has 1 aromatic heterocycles. The molecule has 0 unspecified atom stereocenters. The third kappa shape index (κ3) is 5.51. The molecule has 1 aliphatic rings. The summed E-state index contributed by atoms with van der Waals surface area (Å²) in [6, 6.07) is 10.5. The Labute approximate surface area is 226 Å². The van der Waals surface area contributed by atoms with Gasteiger partial charge >= 0.3 is 12.1 Å². The molecule has 0 spiro atoms. The lowest BCUT2D eigenvalue weighted by Crippen LogP contribution is -2.43. The van der Waals surface area contributed by atoms with Crippen LogP contribution in [0.2, 0.25) is 0 Å². The number of nitrogens with one attached hydrogen (secondary N) is 1. The smallest absolute Gasteiger partial charge is 0.429 e. The molecule has 4 rings (SSSR count). The summed E-state index contributed by atoms with van der Waals surface area (Å²) < 4.78 is 24.4. The van der Waals surface area contributed by atoms with Gasteiger partial charge in [-0.3, -0.25) is 4.79 Å². The highest BCUT2D eigenvalue weighted by Gasteiger charge is 2.37. The van der Waals surface area contributed by atoms with Crippen LogP contribution in [0.15, 0.2) is 48.7 Å². The molecule has 9 nitrogen and oxygen atoms in total. The highest BCUT2D eigenvalue weighted by Crippen LogP contribution is 2.41. The summed E-state index contributed by atoms with van der Waals surface area (Å²) in [6.07, 6.45) is 0.974. The average molecular weight is 537 g/mol. The molecule has 3 aromatic rings. The first-order chi connectivity index (χ1) is 18.5. The van der Waals surface area contributed by atoms with E-state index >= 15 is 0 Å². The minimum Gasteiger partial charge on any atom is -0.462 e. The Bertz CT molecular complexity index is 1440. The third-order valence-corrected chi connectivity index (χ3v) is 6.61. The van der Waals surface area contributed by atoms with Crippen molar-refractivity contribution < 1.29 is 28.2 Å². The number of esters is 1. The number of carbonyl (C=O) groups excluding carboxylic acids is 3. The van der Waals surface area contributed by atoms with Crippen LogP contribution in [0.25, 0.3) is 16.5 Å². The van der Waals surface area contributed by atoms with E-state index in [1.165, 1.54) is 40.4 Å². The van der Waals surface area contributed by atoms with Gasteiger partial charge in [0.2, 0.25) is 0 Å². The van der Waals surface area contributed by atoms with E-state index < -0.39 is 23.3 Å². The number of carbonyl (C=O) groups is 3. The predicted molar refractivity (Wildman–Crippen MR) is 145 cm³/mol. The molecule has 0 atom stereocenters. The lowest BCUT2D eigenvalue weighted by atomic mass is 9.81. The number of hydrogen-bond acceptors (Lipinski definition) is 6. The first-order valence-corrected chi connectivity index (χ1v) is 12.8. The van der Waals surface area contributed by atoms with E-state index in [2.05, 4.69) is 4.98 Å². The van der Waals surface area contributed by atoms with Crippen molar-refractivity contribution in [2.24, 2.45) is 0 Å². The van der Waals surface area contributed by atoms with Crippen molar-refractivity contribution in [2.45, 2.75) is 33.1 Å². The molecule has 2 amide bonds. The summed E-state index contributed by atoms with van der Waals surface area (Å²) in [7, 11) is 3.51. The number of ether oxygens (including phenoxy) is 2. The number of amides is 2. The Balaban J connectivity index is 1.80. The summed E-state index contributed by atoms with van der Waals surface area (Å²) in [4.78, 5) is 44.0. The van der Waals surface area contributed by atoms with Crippen molar-refractivity contribution in [3.8, 4) is 5.75 Å². The molecule has 206 valence electrons. The van der Waals surface area contributed by atoms with Crippen molar-refractivity contribution in [3.63, 3.8) is 0 Å². The second-order valence-corrected chi connectivity index (χ2v) is 10.1. The fraction of sp³-hybridized carbons (Fsp3) is 0.345. The number of H-pyrrole nitrogens is 1. The van der Waals surface area contributed by atoms with Gasteiger partial charge in [0.05, 0.1) is 17.9 Å². The minimum absolute atomic E-state index is 0.154. The number of nitrogens with zero attached hydrogens (tertiary/aromatic N) is 3. The van der Waals surface area contributed by atoms with E-state index in [1.807, 2.05) is 26.8 Å². The van der Waals surface area contributed by atoms with Crippen molar-refractivity contribution in [1.29, 1.82) is 0 Å². The number of aromatic amines is 1. The van der Waals surface area contributed by atoms with Crippen LogP contribution in [0.4, 0.5) is 9.18 Å². The molecule has 1 aliphatic heterocycles. The summed E-state index contributed by atoms with van der Waals surface area (Å²) in [6.45, 7) is 8.37. The number of aromatic nitrogens is 1. The lowest BCUT2D eigenvalue weighted by molar-refractivity contribution is -0.136.